The Kier molecular flexibility index (Phi) is 3.84. The zero-order valence-electron chi connectivity index (χ0n) is 13.6. The van der Waals surface area contributed by atoms with Crippen LogP contribution in [-0.2, 0) is 4.79 Å². The Morgan fingerprint density at radius 3 is 2.20 bits per heavy atom. The van der Waals surface area contributed by atoms with Crippen LogP contribution in [-0.4, -0.2) is 35.7 Å². The van der Waals surface area contributed by atoms with Crippen molar-refractivity contribution in [1.29, 1.82) is 0 Å². The van der Waals surface area contributed by atoms with Crippen LogP contribution in [0.2, 0.25) is 0 Å². The normalized spacial score (nSPS) is 21.2. The number of hydrogen-bond donors (Lipinski definition) is 1. The van der Waals surface area contributed by atoms with Crippen LogP contribution >= 0.6 is 0 Å². The number of nitrogens with one attached hydrogen (secondary N) is 1. The highest BCUT2D eigenvalue weighted by Crippen LogP contribution is 2.46. The molecule has 2 aliphatic rings. The first kappa shape index (κ1) is 15.6. The van der Waals surface area contributed by atoms with Crippen molar-refractivity contribution in [2.24, 2.45) is 5.92 Å². The SMILES string of the molecule is O=C(CN1C(=O)c2ccccc2C1=O)NCC1CC1c1ccccc1. The first-order valence-corrected chi connectivity index (χ1v) is 8.42. The summed E-state index contributed by atoms with van der Waals surface area (Å²) in [5, 5.41) is 2.85. The Balaban J connectivity index is 1.31. The summed E-state index contributed by atoms with van der Waals surface area (Å²) in [5.74, 6) is -0.184. The lowest BCUT2D eigenvalue weighted by molar-refractivity contribution is -0.121. The summed E-state index contributed by atoms with van der Waals surface area (Å²) < 4.78 is 0. The Hall–Kier alpha value is -2.95. The van der Waals surface area contributed by atoms with E-state index in [0.717, 1.165) is 11.3 Å². The first-order chi connectivity index (χ1) is 12.1. The quantitative estimate of drug-likeness (QED) is 0.853. The van der Waals surface area contributed by atoms with E-state index in [-0.39, 0.29) is 12.5 Å². The molecule has 2 unspecified atom stereocenters. The van der Waals surface area contributed by atoms with Gasteiger partial charge >= 0.3 is 0 Å². The Bertz CT molecular complexity index is 812. The number of carbonyl (C=O) groups excluding carboxylic acids is 3. The monoisotopic (exact) mass is 334 g/mol. The minimum absolute atomic E-state index is 0.227. The third-order valence-corrected chi connectivity index (χ3v) is 4.89. The number of nitrogens with zero attached hydrogens (tertiary/aromatic N) is 1. The second-order valence-electron chi connectivity index (χ2n) is 6.56. The predicted octanol–water partition coefficient (Wildman–Crippen LogP) is 2.20. The highest BCUT2D eigenvalue weighted by molar-refractivity contribution is 6.22. The fraction of sp³-hybridized carbons (Fsp3) is 0.250. The lowest BCUT2D eigenvalue weighted by atomic mass is 10.1. The number of fused-ring (bicyclic) bond motifs is 1. The summed E-state index contributed by atoms with van der Waals surface area (Å²) in [6.45, 7) is 0.344. The molecule has 2 aromatic rings. The highest BCUT2D eigenvalue weighted by Gasteiger charge is 2.39. The number of carbonyl (C=O) groups is 3. The average molecular weight is 334 g/mol. The number of imide groups is 1. The van der Waals surface area contributed by atoms with E-state index in [2.05, 4.69) is 17.4 Å². The van der Waals surface area contributed by atoms with Crippen molar-refractivity contribution in [3.63, 3.8) is 0 Å². The van der Waals surface area contributed by atoms with E-state index in [1.807, 2.05) is 18.2 Å². The summed E-state index contributed by atoms with van der Waals surface area (Å²) in [5.41, 5.74) is 2.03. The van der Waals surface area contributed by atoms with E-state index in [4.69, 9.17) is 0 Å². The van der Waals surface area contributed by atoms with Gasteiger partial charge in [-0.05, 0) is 36.0 Å². The molecular weight excluding hydrogens is 316 g/mol. The summed E-state index contributed by atoms with van der Waals surface area (Å²) >= 11 is 0. The molecule has 3 amide bonds. The van der Waals surface area contributed by atoms with Crippen LogP contribution in [0.3, 0.4) is 0 Å². The highest BCUT2D eigenvalue weighted by atomic mass is 16.2. The van der Waals surface area contributed by atoms with Gasteiger partial charge in [-0.25, -0.2) is 0 Å². The molecule has 2 atom stereocenters. The van der Waals surface area contributed by atoms with Gasteiger partial charge in [-0.1, -0.05) is 42.5 Å². The van der Waals surface area contributed by atoms with Crippen LogP contribution in [0, 0.1) is 5.92 Å². The van der Waals surface area contributed by atoms with Crippen LogP contribution in [0.25, 0.3) is 0 Å². The van der Waals surface area contributed by atoms with Gasteiger partial charge in [0, 0.05) is 6.54 Å². The molecule has 2 aromatic carbocycles. The fourth-order valence-corrected chi connectivity index (χ4v) is 3.41. The van der Waals surface area contributed by atoms with E-state index in [1.54, 1.807) is 24.3 Å². The van der Waals surface area contributed by atoms with Crippen molar-refractivity contribution >= 4 is 17.7 Å². The van der Waals surface area contributed by atoms with Gasteiger partial charge in [0.05, 0.1) is 11.1 Å². The molecule has 1 aliphatic heterocycles. The molecule has 4 rings (SSSR count). The molecule has 25 heavy (non-hydrogen) atoms. The second kappa shape index (κ2) is 6.16. The van der Waals surface area contributed by atoms with Crippen molar-refractivity contribution in [1.82, 2.24) is 10.2 Å². The Morgan fingerprint density at radius 2 is 1.56 bits per heavy atom. The van der Waals surface area contributed by atoms with Crippen molar-refractivity contribution in [2.45, 2.75) is 12.3 Å². The summed E-state index contributed by atoms with van der Waals surface area (Å²) in [7, 11) is 0. The van der Waals surface area contributed by atoms with E-state index in [1.165, 1.54) is 5.56 Å². The first-order valence-electron chi connectivity index (χ1n) is 8.42. The molecule has 0 bridgehead atoms. The molecule has 0 aromatic heterocycles. The van der Waals surface area contributed by atoms with Gasteiger partial charge in [0.1, 0.15) is 6.54 Å². The van der Waals surface area contributed by atoms with E-state index in [9.17, 15) is 14.4 Å². The minimum Gasteiger partial charge on any atom is -0.354 e. The van der Waals surface area contributed by atoms with Gasteiger partial charge < -0.3 is 5.32 Å². The summed E-state index contributed by atoms with van der Waals surface area (Å²) in [6, 6.07) is 16.9. The van der Waals surface area contributed by atoms with Crippen LogP contribution in [0.4, 0.5) is 0 Å². The number of hydrogen-bond acceptors (Lipinski definition) is 3. The molecule has 1 fully saturated rings. The topological polar surface area (TPSA) is 66.5 Å². The van der Waals surface area contributed by atoms with Gasteiger partial charge in [0.2, 0.25) is 5.91 Å². The van der Waals surface area contributed by atoms with Crippen LogP contribution in [0.5, 0.6) is 0 Å². The van der Waals surface area contributed by atoms with Crippen molar-refractivity contribution in [2.75, 3.05) is 13.1 Å². The molecule has 1 aliphatic carbocycles. The minimum atomic E-state index is -0.399. The standard InChI is InChI=1S/C20H18N2O3/c23-18(21-11-14-10-17(14)13-6-2-1-3-7-13)12-22-19(24)15-8-4-5-9-16(15)20(22)25/h1-9,14,17H,10-12H2,(H,21,23). The molecule has 0 saturated heterocycles. The van der Waals surface area contributed by atoms with Crippen molar-refractivity contribution in [3.05, 3.63) is 71.3 Å². The number of benzene rings is 2. The van der Waals surface area contributed by atoms with Gasteiger partial charge in [0.15, 0.2) is 0 Å². The molecule has 1 heterocycles. The summed E-state index contributed by atoms with van der Waals surface area (Å²) in [4.78, 5) is 37.7. The Labute approximate surface area is 145 Å². The van der Waals surface area contributed by atoms with Gasteiger partial charge in [-0.2, -0.15) is 0 Å². The molecule has 1 saturated carbocycles. The molecule has 0 spiro atoms. The number of amides is 3. The fourth-order valence-electron chi connectivity index (χ4n) is 3.41. The van der Waals surface area contributed by atoms with Gasteiger partial charge in [-0.15, -0.1) is 0 Å². The second-order valence-corrected chi connectivity index (χ2v) is 6.56. The third kappa shape index (κ3) is 2.93. The largest absolute Gasteiger partial charge is 0.354 e. The zero-order valence-corrected chi connectivity index (χ0v) is 13.6. The lowest BCUT2D eigenvalue weighted by Crippen LogP contribution is -2.40. The van der Waals surface area contributed by atoms with E-state index >= 15 is 0 Å². The third-order valence-electron chi connectivity index (χ3n) is 4.89. The van der Waals surface area contributed by atoms with Crippen LogP contribution in [0.15, 0.2) is 54.6 Å². The smallest absolute Gasteiger partial charge is 0.262 e. The molecule has 0 radical (unpaired) electrons. The van der Waals surface area contributed by atoms with Crippen molar-refractivity contribution in [3.8, 4) is 0 Å². The van der Waals surface area contributed by atoms with E-state index < -0.39 is 11.8 Å². The molecule has 1 N–H and O–H groups in total. The molecular formula is C20H18N2O3. The molecule has 126 valence electrons. The molecule has 5 heteroatoms. The summed E-state index contributed by atoms with van der Waals surface area (Å²) in [6.07, 6.45) is 1.05. The van der Waals surface area contributed by atoms with Gasteiger partial charge in [-0.3, -0.25) is 19.3 Å². The average Bonchev–Trinajstić information content (AvgIpc) is 3.39. The lowest BCUT2D eigenvalue weighted by Gasteiger charge is -2.13. The maximum absolute atomic E-state index is 12.3. The maximum atomic E-state index is 12.3. The molecule has 5 nitrogen and oxygen atoms in total. The van der Waals surface area contributed by atoms with E-state index in [0.29, 0.717) is 29.5 Å². The van der Waals surface area contributed by atoms with Crippen molar-refractivity contribution < 1.29 is 14.4 Å². The Morgan fingerprint density at radius 1 is 0.960 bits per heavy atom. The zero-order chi connectivity index (χ0) is 17.4. The van der Waals surface area contributed by atoms with Crippen LogP contribution < -0.4 is 5.32 Å². The predicted molar refractivity (Wildman–Crippen MR) is 92.1 cm³/mol. The maximum Gasteiger partial charge on any atom is 0.262 e. The number of rotatable bonds is 5. The van der Waals surface area contributed by atoms with Crippen LogP contribution in [0.1, 0.15) is 38.6 Å². The van der Waals surface area contributed by atoms with Gasteiger partial charge in [0.25, 0.3) is 11.8 Å².